The van der Waals surface area contributed by atoms with Crippen LogP contribution in [-0.4, -0.2) is 31.9 Å². The van der Waals surface area contributed by atoms with E-state index in [4.69, 9.17) is 11.6 Å². The molecule has 1 aliphatic rings. The molecule has 19 heavy (non-hydrogen) atoms. The molecule has 2 heterocycles. The zero-order valence-corrected chi connectivity index (χ0v) is 11.7. The van der Waals surface area contributed by atoms with E-state index < -0.39 is 16.1 Å². The Morgan fingerprint density at radius 1 is 1.42 bits per heavy atom. The van der Waals surface area contributed by atoms with Gasteiger partial charge in [-0.25, -0.2) is 13.4 Å². The monoisotopic (exact) mass is 303 g/mol. The minimum absolute atomic E-state index is 0.00421. The number of halogens is 1. The van der Waals surface area contributed by atoms with Gasteiger partial charge in [0.15, 0.2) is 0 Å². The van der Waals surface area contributed by atoms with E-state index in [9.17, 15) is 13.2 Å². The molecule has 1 amide bonds. The second kappa shape index (κ2) is 5.85. The molecular weight excluding hydrogens is 290 g/mol. The molecule has 6 nitrogen and oxygen atoms in total. The molecular formula is C11H14ClN3O3S. The molecule has 0 bridgehead atoms. The molecule has 1 atom stereocenters. The molecule has 1 fully saturated rings. The molecule has 1 aromatic heterocycles. The average molecular weight is 304 g/mol. The summed E-state index contributed by atoms with van der Waals surface area (Å²) >= 11 is 5.67. The van der Waals surface area contributed by atoms with Gasteiger partial charge in [-0.3, -0.25) is 4.79 Å². The Hall–Kier alpha value is -1.18. The molecule has 1 saturated heterocycles. The van der Waals surface area contributed by atoms with Crippen LogP contribution in [0.4, 0.5) is 0 Å². The standard InChI is InChI=1S/C11H14ClN3O3S/c12-10-7-8(4-6-13-10)19(17,18)15-9-3-1-2-5-14-11(9)16/h4,6-7,9,15H,1-3,5H2,(H,14,16). The maximum absolute atomic E-state index is 12.1. The van der Waals surface area contributed by atoms with Gasteiger partial charge in [0, 0.05) is 12.7 Å². The van der Waals surface area contributed by atoms with Crippen LogP contribution in [0, 0.1) is 0 Å². The van der Waals surface area contributed by atoms with Gasteiger partial charge in [-0.15, -0.1) is 0 Å². The predicted molar refractivity (Wildman–Crippen MR) is 70.2 cm³/mol. The highest BCUT2D eigenvalue weighted by atomic mass is 35.5. The molecule has 2 N–H and O–H groups in total. The van der Waals surface area contributed by atoms with Crippen LogP contribution in [0.15, 0.2) is 23.2 Å². The molecule has 1 unspecified atom stereocenters. The fourth-order valence-electron chi connectivity index (χ4n) is 1.86. The second-order valence-corrected chi connectivity index (χ2v) is 6.38. The summed E-state index contributed by atoms with van der Waals surface area (Å²) in [6, 6.07) is 1.85. The maximum atomic E-state index is 12.1. The van der Waals surface area contributed by atoms with Gasteiger partial charge in [0.05, 0.1) is 4.90 Å². The van der Waals surface area contributed by atoms with Gasteiger partial charge in [0.2, 0.25) is 15.9 Å². The highest BCUT2D eigenvalue weighted by Gasteiger charge is 2.26. The first-order chi connectivity index (χ1) is 8.99. The number of nitrogens with one attached hydrogen (secondary N) is 2. The summed E-state index contributed by atoms with van der Waals surface area (Å²) < 4.78 is 26.7. The molecule has 0 spiro atoms. The van der Waals surface area contributed by atoms with Crippen LogP contribution in [0.25, 0.3) is 0 Å². The van der Waals surface area contributed by atoms with Crippen LogP contribution in [0.5, 0.6) is 0 Å². The number of nitrogens with zero attached hydrogens (tertiary/aromatic N) is 1. The summed E-state index contributed by atoms with van der Waals surface area (Å²) in [6.45, 7) is 0.581. The number of aromatic nitrogens is 1. The van der Waals surface area contributed by atoms with E-state index in [1.165, 1.54) is 18.3 Å². The maximum Gasteiger partial charge on any atom is 0.241 e. The SMILES string of the molecule is O=C1NCCCCC1NS(=O)(=O)c1ccnc(Cl)c1. The van der Waals surface area contributed by atoms with E-state index >= 15 is 0 Å². The van der Waals surface area contributed by atoms with Crippen LogP contribution in [0.2, 0.25) is 5.15 Å². The van der Waals surface area contributed by atoms with Crippen LogP contribution in [-0.2, 0) is 14.8 Å². The van der Waals surface area contributed by atoms with Crippen molar-refractivity contribution in [3.8, 4) is 0 Å². The van der Waals surface area contributed by atoms with E-state index in [1.54, 1.807) is 0 Å². The quantitative estimate of drug-likeness (QED) is 0.804. The number of hydrogen-bond donors (Lipinski definition) is 2. The number of pyridine rings is 1. The van der Waals surface area contributed by atoms with Gasteiger partial charge in [0.25, 0.3) is 0 Å². The van der Waals surface area contributed by atoms with E-state index in [0.29, 0.717) is 13.0 Å². The summed E-state index contributed by atoms with van der Waals surface area (Å²) in [4.78, 5) is 15.4. The minimum atomic E-state index is -3.77. The first-order valence-corrected chi connectivity index (χ1v) is 7.77. The average Bonchev–Trinajstić information content (AvgIpc) is 2.55. The first-order valence-electron chi connectivity index (χ1n) is 5.91. The summed E-state index contributed by atoms with van der Waals surface area (Å²) in [7, 11) is -3.77. The van der Waals surface area contributed by atoms with Gasteiger partial charge in [0.1, 0.15) is 11.2 Å². The molecule has 1 aromatic rings. The van der Waals surface area contributed by atoms with Gasteiger partial charge < -0.3 is 5.32 Å². The summed E-state index contributed by atoms with van der Waals surface area (Å²) in [5.41, 5.74) is 0. The lowest BCUT2D eigenvalue weighted by molar-refractivity contribution is -0.122. The number of amides is 1. The van der Waals surface area contributed by atoms with E-state index in [-0.39, 0.29) is 16.0 Å². The van der Waals surface area contributed by atoms with Crippen molar-refractivity contribution in [1.29, 1.82) is 0 Å². The molecule has 1 aliphatic heterocycles. The lowest BCUT2D eigenvalue weighted by Crippen LogP contribution is -2.45. The Morgan fingerprint density at radius 2 is 2.21 bits per heavy atom. The highest BCUT2D eigenvalue weighted by molar-refractivity contribution is 7.89. The number of hydrogen-bond acceptors (Lipinski definition) is 4. The molecule has 0 radical (unpaired) electrons. The second-order valence-electron chi connectivity index (χ2n) is 4.27. The third-order valence-corrected chi connectivity index (χ3v) is 4.52. The minimum Gasteiger partial charge on any atom is -0.355 e. The smallest absolute Gasteiger partial charge is 0.241 e. The van der Waals surface area contributed by atoms with Crippen molar-refractivity contribution in [1.82, 2.24) is 15.0 Å². The number of carbonyl (C=O) groups is 1. The van der Waals surface area contributed by atoms with Gasteiger partial charge in [-0.05, 0) is 31.4 Å². The van der Waals surface area contributed by atoms with Crippen molar-refractivity contribution in [3.63, 3.8) is 0 Å². The summed E-state index contributed by atoms with van der Waals surface area (Å²) in [5, 5.41) is 2.77. The van der Waals surface area contributed by atoms with Crippen molar-refractivity contribution in [2.24, 2.45) is 0 Å². The van der Waals surface area contributed by atoms with Crippen LogP contribution < -0.4 is 10.0 Å². The third-order valence-electron chi connectivity index (χ3n) is 2.84. The predicted octanol–water partition coefficient (Wildman–Crippen LogP) is 0.682. The molecule has 2 rings (SSSR count). The largest absolute Gasteiger partial charge is 0.355 e. The Labute approximate surface area is 116 Å². The van der Waals surface area contributed by atoms with E-state index in [2.05, 4.69) is 15.0 Å². The first kappa shape index (κ1) is 14.2. The van der Waals surface area contributed by atoms with Crippen LogP contribution >= 0.6 is 11.6 Å². The van der Waals surface area contributed by atoms with Crippen molar-refractivity contribution < 1.29 is 13.2 Å². The molecule has 0 aliphatic carbocycles. The number of rotatable bonds is 3. The highest BCUT2D eigenvalue weighted by Crippen LogP contribution is 2.15. The molecule has 8 heteroatoms. The Morgan fingerprint density at radius 3 is 2.95 bits per heavy atom. The lowest BCUT2D eigenvalue weighted by atomic mass is 10.1. The Balaban J connectivity index is 2.18. The molecule has 0 saturated carbocycles. The molecule has 0 aromatic carbocycles. The molecule has 104 valence electrons. The van der Waals surface area contributed by atoms with Gasteiger partial charge in [-0.1, -0.05) is 11.6 Å². The van der Waals surface area contributed by atoms with Crippen LogP contribution in [0.1, 0.15) is 19.3 Å². The lowest BCUT2D eigenvalue weighted by Gasteiger charge is -2.15. The van der Waals surface area contributed by atoms with E-state index in [1.807, 2.05) is 0 Å². The van der Waals surface area contributed by atoms with Gasteiger partial charge >= 0.3 is 0 Å². The zero-order valence-electron chi connectivity index (χ0n) is 10.1. The number of sulfonamides is 1. The Bertz CT molecular complexity index is 576. The van der Waals surface area contributed by atoms with Crippen molar-refractivity contribution in [2.75, 3.05) is 6.54 Å². The Kier molecular flexibility index (Phi) is 4.38. The normalized spacial score (nSPS) is 20.7. The summed E-state index contributed by atoms with van der Waals surface area (Å²) in [5.74, 6) is -0.291. The fourth-order valence-corrected chi connectivity index (χ4v) is 3.34. The van der Waals surface area contributed by atoms with Gasteiger partial charge in [-0.2, -0.15) is 4.72 Å². The summed E-state index contributed by atoms with van der Waals surface area (Å²) in [6.07, 6.45) is 3.45. The van der Waals surface area contributed by atoms with Crippen molar-refractivity contribution in [3.05, 3.63) is 23.5 Å². The topological polar surface area (TPSA) is 88.2 Å². The fraction of sp³-hybridized carbons (Fsp3) is 0.455. The van der Waals surface area contributed by atoms with Crippen molar-refractivity contribution >= 4 is 27.5 Å². The third kappa shape index (κ3) is 3.65. The number of carbonyl (C=O) groups excluding carboxylic acids is 1. The van der Waals surface area contributed by atoms with Crippen molar-refractivity contribution in [2.45, 2.75) is 30.2 Å². The van der Waals surface area contributed by atoms with Crippen LogP contribution in [0.3, 0.4) is 0 Å². The zero-order chi connectivity index (χ0) is 13.9. The van der Waals surface area contributed by atoms with E-state index in [0.717, 1.165) is 12.8 Å².